The average Bonchev–Trinajstić information content (AvgIpc) is 1.62. The van der Waals surface area contributed by atoms with Crippen LogP contribution in [-0.4, -0.2) is 4.57 Å². The van der Waals surface area contributed by atoms with E-state index in [9.17, 15) is 0 Å². The highest BCUT2D eigenvalue weighted by Crippen LogP contribution is 2.51. The van der Waals surface area contributed by atoms with Gasteiger partial charge in [0.05, 0.1) is 11.0 Å². The molecule has 5 nitrogen and oxygen atoms in total. The Morgan fingerprint density at radius 1 is 0.261 bits per heavy atom. The summed E-state index contributed by atoms with van der Waals surface area (Å²) in [6.45, 7) is 4.68. The lowest BCUT2D eigenvalue weighted by atomic mass is 9.82. The molecule has 0 fully saturated rings. The second-order valence-electron chi connectivity index (χ2n) is 24.4. The van der Waals surface area contributed by atoms with Gasteiger partial charge in [0.15, 0.2) is 0 Å². The Labute approximate surface area is 534 Å². The molecule has 0 atom stereocenters. The van der Waals surface area contributed by atoms with Gasteiger partial charge in [-0.25, -0.2) is 0 Å². The van der Waals surface area contributed by atoms with Crippen LogP contribution in [0.3, 0.4) is 0 Å². The minimum Gasteiger partial charge on any atom is -0.456 e. The van der Waals surface area contributed by atoms with Crippen LogP contribution in [0, 0.1) is 0 Å². The first-order valence-electron chi connectivity index (χ1n) is 31.5. The van der Waals surface area contributed by atoms with E-state index in [1.807, 2.05) is 24.3 Å². The normalized spacial score (nSPS) is 12.3. The fraction of sp³-hybridized carbons (Fsp3) is 0.0345. The Balaban J connectivity index is 0.000000141. The van der Waals surface area contributed by atoms with Crippen LogP contribution < -0.4 is 9.80 Å². The first kappa shape index (κ1) is 54.2. The van der Waals surface area contributed by atoms with Crippen LogP contribution in [0.5, 0.6) is 0 Å². The minimum atomic E-state index is -0.0834. The van der Waals surface area contributed by atoms with E-state index >= 15 is 0 Å². The zero-order valence-electron chi connectivity index (χ0n) is 50.9. The van der Waals surface area contributed by atoms with Crippen molar-refractivity contribution in [3.8, 4) is 50.2 Å². The van der Waals surface area contributed by atoms with Crippen molar-refractivity contribution in [2.24, 2.45) is 0 Å². The number of aromatic nitrogens is 1. The summed E-state index contributed by atoms with van der Waals surface area (Å²) in [5.41, 5.74) is 26.1. The van der Waals surface area contributed by atoms with Gasteiger partial charge in [-0.2, -0.15) is 0 Å². The van der Waals surface area contributed by atoms with E-state index in [-0.39, 0.29) is 5.41 Å². The van der Waals surface area contributed by atoms with Crippen molar-refractivity contribution in [2.75, 3.05) is 9.80 Å². The van der Waals surface area contributed by atoms with Gasteiger partial charge >= 0.3 is 0 Å². The molecule has 17 aromatic rings. The Bertz CT molecular complexity index is 5530. The molecular weight excluding hydrogens is 1120 g/mol. The summed E-state index contributed by atoms with van der Waals surface area (Å²) in [7, 11) is 0. The Morgan fingerprint density at radius 2 is 0.663 bits per heavy atom. The second-order valence-corrected chi connectivity index (χ2v) is 24.4. The molecule has 92 heavy (non-hydrogen) atoms. The van der Waals surface area contributed by atoms with Crippen molar-refractivity contribution in [1.29, 1.82) is 0 Å². The number of fused-ring (bicyclic) bond motifs is 12. The van der Waals surface area contributed by atoms with Crippen LogP contribution in [0.15, 0.2) is 342 Å². The molecule has 0 saturated carbocycles. The van der Waals surface area contributed by atoms with Crippen molar-refractivity contribution in [2.45, 2.75) is 19.3 Å². The number of benzene rings is 14. The molecule has 3 heterocycles. The molecule has 5 heteroatoms. The number of hydrogen-bond acceptors (Lipinski definition) is 4. The summed E-state index contributed by atoms with van der Waals surface area (Å²) in [6.07, 6.45) is 0. The van der Waals surface area contributed by atoms with E-state index in [1.165, 1.54) is 66.3 Å². The maximum Gasteiger partial charge on any atom is 0.143 e. The number of anilines is 6. The largest absolute Gasteiger partial charge is 0.456 e. The van der Waals surface area contributed by atoms with Gasteiger partial charge in [0, 0.05) is 89.2 Å². The maximum absolute atomic E-state index is 6.38. The van der Waals surface area contributed by atoms with Gasteiger partial charge in [0.1, 0.15) is 22.3 Å². The summed E-state index contributed by atoms with van der Waals surface area (Å²) in [5, 5.41) is 7.06. The topological polar surface area (TPSA) is 37.7 Å². The molecule has 0 N–H and O–H groups in total. The predicted molar refractivity (Wildman–Crippen MR) is 385 cm³/mol. The van der Waals surface area contributed by atoms with Crippen molar-refractivity contribution in [1.82, 2.24) is 4.57 Å². The number of para-hydroxylation sites is 5. The SMILES string of the molecule is CC1(C)c2ccccc2-c2ccc(N(c3ccc(-c4ccccc4)cc3)c3ccc(-c4cccc5c4oc4ccccc45)cc3)cc21.c1ccc(-c2ccc(N(c3ccc(-n4c5ccccc5c5ccccc54)cc3)c3ccc4c(c3)oc3ccccc34)cc2)cc1. The van der Waals surface area contributed by atoms with Crippen LogP contribution in [-0.2, 0) is 5.41 Å². The first-order valence-corrected chi connectivity index (χ1v) is 31.5. The fourth-order valence-corrected chi connectivity index (χ4v) is 14.2. The molecule has 1 aliphatic carbocycles. The second kappa shape index (κ2) is 22.3. The van der Waals surface area contributed by atoms with Gasteiger partial charge in [0.2, 0.25) is 0 Å². The maximum atomic E-state index is 6.38. The van der Waals surface area contributed by atoms with Crippen molar-refractivity contribution < 1.29 is 8.83 Å². The van der Waals surface area contributed by atoms with Crippen molar-refractivity contribution >= 4 is 99.8 Å². The molecule has 0 saturated heterocycles. The highest BCUT2D eigenvalue weighted by atomic mass is 16.3. The van der Waals surface area contributed by atoms with Crippen molar-refractivity contribution in [3.05, 3.63) is 345 Å². The first-order chi connectivity index (χ1) is 45.4. The Hall–Kier alpha value is -11.9. The van der Waals surface area contributed by atoms with E-state index in [4.69, 9.17) is 8.83 Å². The minimum absolute atomic E-state index is 0.0834. The predicted octanol–water partition coefficient (Wildman–Crippen LogP) is 24.5. The molecule has 436 valence electrons. The lowest BCUT2D eigenvalue weighted by Gasteiger charge is -2.28. The molecule has 3 aromatic heterocycles. The van der Waals surface area contributed by atoms with Crippen LogP contribution in [0.2, 0.25) is 0 Å². The fourth-order valence-electron chi connectivity index (χ4n) is 14.2. The van der Waals surface area contributed by atoms with Gasteiger partial charge in [-0.3, -0.25) is 0 Å². The zero-order valence-corrected chi connectivity index (χ0v) is 50.9. The van der Waals surface area contributed by atoms with Gasteiger partial charge in [-0.05, 0) is 159 Å². The van der Waals surface area contributed by atoms with E-state index in [0.717, 1.165) is 94.8 Å². The molecule has 0 spiro atoms. The van der Waals surface area contributed by atoms with E-state index in [1.54, 1.807) is 0 Å². The van der Waals surface area contributed by atoms with Crippen molar-refractivity contribution in [3.63, 3.8) is 0 Å². The smallest absolute Gasteiger partial charge is 0.143 e. The van der Waals surface area contributed by atoms with Gasteiger partial charge in [0.25, 0.3) is 0 Å². The highest BCUT2D eigenvalue weighted by molar-refractivity contribution is 6.11. The number of furan rings is 2. The Morgan fingerprint density at radius 3 is 1.26 bits per heavy atom. The van der Waals surface area contributed by atoms with E-state index in [0.29, 0.717) is 0 Å². The standard InChI is InChI=1S/C45H33NO.C42H28N2O/c1-45(2)41-17-8-6-13-37(41)38-28-27-35(29-42(38)45)46(33-23-19-31(20-24-33)30-11-4-3-5-12-30)34-25-21-32(22-26-34)36-15-10-16-40-39-14-7-9-18-43(39)47-44(36)40;1-2-10-29(11-3-1)30-18-20-31(21-19-30)43(34-26-27-38-37-14-6-9-17-41(37)45-42(38)28-34)32-22-24-33(25-23-32)44-39-15-7-4-12-35(39)36-13-5-8-16-40(36)44/h3-29H,1-2H3;1-28H. The average molecular weight is 1180 g/mol. The molecule has 14 aromatic carbocycles. The number of nitrogens with zero attached hydrogens (tertiary/aromatic N) is 3. The van der Waals surface area contributed by atoms with Gasteiger partial charge < -0.3 is 23.2 Å². The van der Waals surface area contributed by atoms with Crippen LogP contribution in [0.4, 0.5) is 34.1 Å². The lowest BCUT2D eigenvalue weighted by Crippen LogP contribution is -2.16. The number of hydrogen-bond donors (Lipinski definition) is 0. The summed E-state index contributed by atoms with van der Waals surface area (Å²) >= 11 is 0. The summed E-state index contributed by atoms with van der Waals surface area (Å²) < 4.78 is 15.0. The highest BCUT2D eigenvalue weighted by Gasteiger charge is 2.36. The van der Waals surface area contributed by atoms with Crippen LogP contribution in [0.1, 0.15) is 25.0 Å². The Kier molecular flexibility index (Phi) is 13.1. The van der Waals surface area contributed by atoms with Gasteiger partial charge in [-0.1, -0.05) is 232 Å². The number of rotatable bonds is 10. The molecule has 0 bridgehead atoms. The molecule has 18 rings (SSSR count). The molecule has 1 aliphatic rings. The van der Waals surface area contributed by atoms with E-state index in [2.05, 4.69) is 338 Å². The third-order valence-electron chi connectivity index (χ3n) is 18.7. The summed E-state index contributed by atoms with van der Waals surface area (Å²) in [6, 6.07) is 119. The quantitative estimate of drug-likeness (QED) is 0.137. The zero-order chi connectivity index (χ0) is 61.3. The lowest BCUT2D eigenvalue weighted by molar-refractivity contribution is 0.660. The van der Waals surface area contributed by atoms with Crippen LogP contribution >= 0.6 is 0 Å². The molecule has 0 aliphatic heterocycles. The molecule has 0 amide bonds. The molecular formula is C87H61N3O2. The molecule has 0 radical (unpaired) electrons. The summed E-state index contributed by atoms with van der Waals surface area (Å²) in [4.78, 5) is 4.68. The summed E-state index contributed by atoms with van der Waals surface area (Å²) in [5.74, 6) is 0. The monoisotopic (exact) mass is 1180 g/mol. The molecule has 0 unspecified atom stereocenters. The third-order valence-corrected chi connectivity index (χ3v) is 18.7. The third kappa shape index (κ3) is 9.32. The van der Waals surface area contributed by atoms with Gasteiger partial charge in [-0.15, -0.1) is 0 Å². The van der Waals surface area contributed by atoms with E-state index < -0.39 is 0 Å². The van der Waals surface area contributed by atoms with Crippen LogP contribution in [0.25, 0.3) is 116 Å².